The van der Waals surface area contributed by atoms with Crippen molar-refractivity contribution in [1.82, 2.24) is 0 Å². The summed E-state index contributed by atoms with van der Waals surface area (Å²) in [5, 5.41) is 1.38. The normalized spacial score (nSPS) is 19.2. The molecule has 1 aliphatic heterocycles. The van der Waals surface area contributed by atoms with Gasteiger partial charge in [0.25, 0.3) is 0 Å². The lowest BCUT2D eigenvalue weighted by Gasteiger charge is -2.36. The number of halogens is 1. The van der Waals surface area contributed by atoms with Gasteiger partial charge in [0.05, 0.1) is 13.2 Å². The molecule has 0 N–H and O–H groups in total. The highest BCUT2D eigenvalue weighted by atomic mass is 35.5. The third-order valence-electron chi connectivity index (χ3n) is 3.35. The molecule has 1 aromatic carbocycles. The van der Waals surface area contributed by atoms with Crippen molar-refractivity contribution < 1.29 is 13.9 Å². The minimum atomic E-state index is -0.615. The van der Waals surface area contributed by atoms with Gasteiger partial charge in [-0.05, 0) is 36.2 Å². The van der Waals surface area contributed by atoms with Crippen LogP contribution in [0, 0.1) is 0 Å². The molecule has 18 heavy (non-hydrogen) atoms. The van der Waals surface area contributed by atoms with E-state index in [4.69, 9.17) is 25.5 Å². The molecule has 1 aliphatic rings. The molecule has 4 heteroatoms. The first-order valence-corrected chi connectivity index (χ1v) is 6.59. The molecule has 96 valence electrons. The summed E-state index contributed by atoms with van der Waals surface area (Å²) < 4.78 is 17.1. The van der Waals surface area contributed by atoms with Gasteiger partial charge in [-0.2, -0.15) is 0 Å². The quantitative estimate of drug-likeness (QED) is 0.821. The van der Waals surface area contributed by atoms with Crippen LogP contribution >= 0.6 is 11.6 Å². The monoisotopic (exact) mass is 266 g/mol. The van der Waals surface area contributed by atoms with Gasteiger partial charge < -0.3 is 13.9 Å². The van der Waals surface area contributed by atoms with Gasteiger partial charge in [-0.1, -0.05) is 6.92 Å². The average Bonchev–Trinajstić information content (AvgIpc) is 2.78. The van der Waals surface area contributed by atoms with E-state index >= 15 is 0 Å². The van der Waals surface area contributed by atoms with Crippen LogP contribution in [0.25, 0.3) is 11.0 Å². The molecule has 0 radical (unpaired) electrons. The fourth-order valence-corrected chi connectivity index (χ4v) is 2.60. The van der Waals surface area contributed by atoms with Crippen LogP contribution in [0.15, 0.2) is 28.7 Å². The Hall–Kier alpha value is -1.03. The Labute approximate surface area is 111 Å². The summed E-state index contributed by atoms with van der Waals surface area (Å²) in [5.74, 6) is -0.615. The third-order valence-corrected chi connectivity index (χ3v) is 3.54. The van der Waals surface area contributed by atoms with Crippen LogP contribution in [-0.4, -0.2) is 13.2 Å². The molecule has 1 fully saturated rings. The van der Waals surface area contributed by atoms with Crippen molar-refractivity contribution in [1.29, 1.82) is 0 Å². The van der Waals surface area contributed by atoms with Gasteiger partial charge in [-0.25, -0.2) is 0 Å². The molecule has 0 atom stereocenters. The summed E-state index contributed by atoms with van der Waals surface area (Å²) >= 11 is 5.86. The van der Waals surface area contributed by atoms with Gasteiger partial charge >= 0.3 is 0 Å². The molecule has 1 saturated heterocycles. The van der Waals surface area contributed by atoms with Crippen LogP contribution in [0.4, 0.5) is 0 Å². The zero-order valence-electron chi connectivity index (χ0n) is 10.2. The van der Waals surface area contributed by atoms with E-state index in [-0.39, 0.29) is 0 Å². The SMILES string of the molecule is CCC1(c2ccc3oc(Cl)cc3c2)OCCCO1. The molecule has 0 spiro atoms. The maximum Gasteiger partial charge on any atom is 0.194 e. The van der Waals surface area contributed by atoms with E-state index in [1.54, 1.807) is 0 Å². The number of hydrogen-bond donors (Lipinski definition) is 0. The Morgan fingerprint density at radius 3 is 2.72 bits per heavy atom. The fraction of sp³-hybridized carbons (Fsp3) is 0.429. The number of fused-ring (bicyclic) bond motifs is 1. The average molecular weight is 267 g/mol. The van der Waals surface area contributed by atoms with Crippen LogP contribution in [0.5, 0.6) is 0 Å². The largest absolute Gasteiger partial charge is 0.445 e. The first-order chi connectivity index (χ1) is 8.73. The minimum absolute atomic E-state index is 0.401. The molecule has 0 bridgehead atoms. The smallest absolute Gasteiger partial charge is 0.194 e. The lowest BCUT2D eigenvalue weighted by atomic mass is 10.0. The molecule has 0 unspecified atom stereocenters. The second kappa shape index (κ2) is 4.57. The predicted octanol–water partition coefficient (Wildman–Crippen LogP) is 4.09. The Morgan fingerprint density at radius 1 is 1.22 bits per heavy atom. The van der Waals surface area contributed by atoms with Gasteiger partial charge in [0, 0.05) is 23.4 Å². The third kappa shape index (κ3) is 1.92. The summed E-state index contributed by atoms with van der Waals surface area (Å²) in [7, 11) is 0. The highest BCUT2D eigenvalue weighted by molar-refractivity contribution is 6.29. The molecular weight excluding hydrogens is 252 g/mol. The van der Waals surface area contributed by atoms with E-state index in [1.807, 2.05) is 24.3 Å². The molecule has 0 aliphatic carbocycles. The van der Waals surface area contributed by atoms with Crippen LogP contribution in [0.2, 0.25) is 5.22 Å². The van der Waals surface area contributed by atoms with Gasteiger partial charge in [0.1, 0.15) is 5.58 Å². The summed E-state index contributed by atoms with van der Waals surface area (Å²) in [6, 6.07) is 7.73. The van der Waals surface area contributed by atoms with Crippen molar-refractivity contribution in [2.45, 2.75) is 25.6 Å². The zero-order chi connectivity index (χ0) is 12.6. The van der Waals surface area contributed by atoms with E-state index in [0.29, 0.717) is 5.22 Å². The Kier molecular flexibility index (Phi) is 3.06. The van der Waals surface area contributed by atoms with Crippen LogP contribution in [-0.2, 0) is 15.3 Å². The summed E-state index contributed by atoms with van der Waals surface area (Å²) in [6.07, 6.45) is 1.73. The van der Waals surface area contributed by atoms with Crippen molar-refractivity contribution in [2.24, 2.45) is 0 Å². The zero-order valence-corrected chi connectivity index (χ0v) is 11.0. The van der Waals surface area contributed by atoms with Crippen molar-refractivity contribution in [3.8, 4) is 0 Å². The first kappa shape index (κ1) is 12.0. The van der Waals surface area contributed by atoms with Crippen LogP contribution in [0.3, 0.4) is 0 Å². The van der Waals surface area contributed by atoms with Crippen molar-refractivity contribution in [2.75, 3.05) is 13.2 Å². The molecule has 0 amide bonds. The highest BCUT2D eigenvalue weighted by Crippen LogP contribution is 2.36. The number of hydrogen-bond acceptors (Lipinski definition) is 3. The lowest BCUT2D eigenvalue weighted by Crippen LogP contribution is -2.37. The molecular formula is C14H15ClO3. The molecule has 2 aromatic rings. The molecule has 3 nitrogen and oxygen atoms in total. The Balaban J connectivity index is 2.05. The van der Waals surface area contributed by atoms with Crippen LogP contribution < -0.4 is 0 Å². The molecule has 3 rings (SSSR count). The minimum Gasteiger partial charge on any atom is -0.445 e. The summed E-state index contributed by atoms with van der Waals surface area (Å²) in [5.41, 5.74) is 1.81. The van der Waals surface area contributed by atoms with Crippen molar-refractivity contribution in [3.05, 3.63) is 35.0 Å². The van der Waals surface area contributed by atoms with Gasteiger partial charge in [-0.15, -0.1) is 0 Å². The number of benzene rings is 1. The van der Waals surface area contributed by atoms with Gasteiger partial charge in [0.15, 0.2) is 11.0 Å². The fourth-order valence-electron chi connectivity index (χ4n) is 2.40. The second-order valence-electron chi connectivity index (χ2n) is 4.46. The van der Waals surface area contributed by atoms with E-state index in [0.717, 1.165) is 42.6 Å². The van der Waals surface area contributed by atoms with Gasteiger partial charge in [0.2, 0.25) is 0 Å². The van der Waals surface area contributed by atoms with E-state index in [2.05, 4.69) is 6.92 Å². The van der Waals surface area contributed by atoms with E-state index in [9.17, 15) is 0 Å². The van der Waals surface area contributed by atoms with Crippen molar-refractivity contribution in [3.63, 3.8) is 0 Å². The summed E-state index contributed by atoms with van der Waals surface area (Å²) in [6.45, 7) is 3.54. The number of furan rings is 1. The Morgan fingerprint density at radius 2 is 2.00 bits per heavy atom. The highest BCUT2D eigenvalue weighted by Gasteiger charge is 2.35. The molecule has 1 aromatic heterocycles. The van der Waals surface area contributed by atoms with Crippen LogP contribution in [0.1, 0.15) is 25.3 Å². The van der Waals surface area contributed by atoms with E-state index in [1.165, 1.54) is 0 Å². The maximum atomic E-state index is 5.87. The van der Waals surface area contributed by atoms with Crippen molar-refractivity contribution >= 4 is 22.6 Å². The summed E-state index contributed by atoms with van der Waals surface area (Å²) in [4.78, 5) is 0. The maximum absolute atomic E-state index is 5.87. The first-order valence-electron chi connectivity index (χ1n) is 6.21. The van der Waals surface area contributed by atoms with Gasteiger partial charge in [-0.3, -0.25) is 0 Å². The Bertz CT molecular complexity index is 555. The lowest BCUT2D eigenvalue weighted by molar-refractivity contribution is -0.277. The topological polar surface area (TPSA) is 31.6 Å². The van der Waals surface area contributed by atoms with E-state index < -0.39 is 5.79 Å². The number of rotatable bonds is 2. The molecule has 2 heterocycles. The predicted molar refractivity (Wildman–Crippen MR) is 69.7 cm³/mol. The standard InChI is InChI=1S/C14H15ClO3/c1-2-14(16-6-3-7-17-14)11-4-5-12-10(8-11)9-13(15)18-12/h4-5,8-9H,2-3,6-7H2,1H3. The second-order valence-corrected chi connectivity index (χ2v) is 4.83. The molecule has 0 saturated carbocycles. The number of ether oxygens (including phenoxy) is 2.